The van der Waals surface area contributed by atoms with E-state index in [1.807, 2.05) is 0 Å². The SMILES string of the molecule is COc1cc(NC(=O)Cc2c(C)n(C(=O)c3ccc(Cl)cc3)c3ccc(C(C)=O)cc23)cc(OC)c1OC. The Kier molecular flexibility index (Phi) is 7.73. The Morgan fingerprint density at radius 3 is 2.03 bits per heavy atom. The normalized spacial score (nSPS) is 10.8. The number of Topliss-reactive ketones (excluding diaryl/α,β-unsaturated/α-hetero) is 1. The number of benzene rings is 3. The van der Waals surface area contributed by atoms with Gasteiger partial charge in [0.25, 0.3) is 5.91 Å². The van der Waals surface area contributed by atoms with Crippen LogP contribution >= 0.6 is 11.6 Å². The number of aromatic nitrogens is 1. The van der Waals surface area contributed by atoms with Gasteiger partial charge in [-0.3, -0.25) is 19.0 Å². The van der Waals surface area contributed by atoms with Crippen molar-refractivity contribution in [1.82, 2.24) is 4.57 Å². The summed E-state index contributed by atoms with van der Waals surface area (Å²) in [5, 5.41) is 4.04. The van der Waals surface area contributed by atoms with Crippen molar-refractivity contribution in [3.8, 4) is 17.2 Å². The van der Waals surface area contributed by atoms with E-state index in [0.717, 1.165) is 0 Å². The predicted molar refractivity (Wildman–Crippen MR) is 146 cm³/mol. The standard InChI is InChI=1S/C29H27ClN2O6/c1-16-22(15-27(34)31-21-13-25(36-3)28(38-5)26(14-21)37-4)23-12-19(17(2)33)8-11-24(23)32(16)29(35)18-6-9-20(30)10-7-18/h6-14H,15H2,1-5H3,(H,31,34). The first-order valence-corrected chi connectivity index (χ1v) is 12.1. The first-order chi connectivity index (χ1) is 18.2. The van der Waals surface area contributed by atoms with Crippen LogP contribution in [0.1, 0.15) is 38.9 Å². The number of fused-ring (bicyclic) bond motifs is 1. The molecule has 0 saturated heterocycles. The molecule has 1 aromatic heterocycles. The number of hydrogen-bond acceptors (Lipinski definition) is 6. The van der Waals surface area contributed by atoms with Gasteiger partial charge in [-0.15, -0.1) is 0 Å². The fourth-order valence-corrected chi connectivity index (χ4v) is 4.55. The van der Waals surface area contributed by atoms with Crippen molar-refractivity contribution in [2.75, 3.05) is 26.6 Å². The lowest BCUT2D eigenvalue weighted by atomic mass is 10.0. The molecule has 0 spiro atoms. The maximum absolute atomic E-state index is 13.5. The highest BCUT2D eigenvalue weighted by Crippen LogP contribution is 2.40. The van der Waals surface area contributed by atoms with Gasteiger partial charge in [0.05, 0.1) is 33.3 Å². The van der Waals surface area contributed by atoms with Crippen molar-refractivity contribution in [2.24, 2.45) is 0 Å². The number of ether oxygens (including phenoxy) is 3. The van der Waals surface area contributed by atoms with E-state index in [1.165, 1.54) is 28.3 Å². The van der Waals surface area contributed by atoms with Gasteiger partial charge in [-0.25, -0.2) is 0 Å². The first-order valence-electron chi connectivity index (χ1n) is 11.7. The van der Waals surface area contributed by atoms with E-state index in [9.17, 15) is 14.4 Å². The van der Waals surface area contributed by atoms with Crippen LogP contribution in [0.3, 0.4) is 0 Å². The molecular weight excluding hydrogens is 508 g/mol. The molecule has 4 rings (SSSR count). The molecule has 3 aromatic carbocycles. The minimum absolute atomic E-state index is 0.0404. The fourth-order valence-electron chi connectivity index (χ4n) is 4.43. The highest BCUT2D eigenvalue weighted by molar-refractivity contribution is 6.30. The van der Waals surface area contributed by atoms with Gasteiger partial charge < -0.3 is 19.5 Å². The Labute approximate surface area is 225 Å². The molecule has 0 fully saturated rings. The molecule has 1 N–H and O–H groups in total. The molecule has 0 unspecified atom stereocenters. The third-order valence-electron chi connectivity index (χ3n) is 6.32. The van der Waals surface area contributed by atoms with Crippen LogP contribution < -0.4 is 19.5 Å². The van der Waals surface area contributed by atoms with Crippen LogP contribution in [0, 0.1) is 6.92 Å². The van der Waals surface area contributed by atoms with E-state index in [-0.39, 0.29) is 24.0 Å². The lowest BCUT2D eigenvalue weighted by molar-refractivity contribution is -0.115. The van der Waals surface area contributed by atoms with E-state index in [2.05, 4.69) is 5.32 Å². The average molecular weight is 535 g/mol. The average Bonchev–Trinajstić information content (AvgIpc) is 3.18. The van der Waals surface area contributed by atoms with Gasteiger partial charge in [-0.05, 0) is 61.9 Å². The number of ketones is 1. The molecule has 0 radical (unpaired) electrons. The van der Waals surface area contributed by atoms with Crippen molar-refractivity contribution in [2.45, 2.75) is 20.3 Å². The summed E-state index contributed by atoms with van der Waals surface area (Å²) in [5.74, 6) is 0.493. The van der Waals surface area contributed by atoms with Crippen LogP contribution in [0.4, 0.5) is 5.69 Å². The number of hydrogen-bond donors (Lipinski definition) is 1. The summed E-state index contributed by atoms with van der Waals surface area (Å²) in [4.78, 5) is 38.9. The second-order valence-corrected chi connectivity index (χ2v) is 9.07. The molecule has 1 heterocycles. The largest absolute Gasteiger partial charge is 0.493 e. The second-order valence-electron chi connectivity index (χ2n) is 8.64. The molecule has 0 saturated carbocycles. The van der Waals surface area contributed by atoms with E-state index in [4.69, 9.17) is 25.8 Å². The number of halogens is 1. The van der Waals surface area contributed by atoms with Gasteiger partial charge in [0.1, 0.15) is 0 Å². The van der Waals surface area contributed by atoms with Crippen molar-refractivity contribution >= 4 is 45.8 Å². The van der Waals surface area contributed by atoms with Crippen LogP contribution in [0.2, 0.25) is 5.02 Å². The maximum Gasteiger partial charge on any atom is 0.262 e. The third kappa shape index (κ3) is 5.08. The summed E-state index contributed by atoms with van der Waals surface area (Å²) >= 11 is 6.00. The lowest BCUT2D eigenvalue weighted by Crippen LogP contribution is -2.17. The topological polar surface area (TPSA) is 95.9 Å². The molecule has 4 aromatic rings. The second kappa shape index (κ2) is 11.0. The van der Waals surface area contributed by atoms with E-state index in [0.29, 0.717) is 61.2 Å². The molecule has 0 bridgehead atoms. The highest BCUT2D eigenvalue weighted by Gasteiger charge is 2.23. The molecule has 9 heteroatoms. The van der Waals surface area contributed by atoms with Crippen LogP contribution in [-0.2, 0) is 11.2 Å². The van der Waals surface area contributed by atoms with E-state index in [1.54, 1.807) is 66.1 Å². The lowest BCUT2D eigenvalue weighted by Gasteiger charge is -2.14. The monoisotopic (exact) mass is 534 g/mol. The number of carbonyl (C=O) groups is 3. The van der Waals surface area contributed by atoms with Gasteiger partial charge in [-0.2, -0.15) is 0 Å². The fraction of sp³-hybridized carbons (Fsp3) is 0.207. The van der Waals surface area contributed by atoms with Gasteiger partial charge in [0, 0.05) is 45.0 Å². The Balaban J connectivity index is 1.75. The zero-order chi connectivity index (χ0) is 27.6. The van der Waals surface area contributed by atoms with Crippen LogP contribution in [-0.4, -0.2) is 43.5 Å². The molecule has 1 amide bonds. The summed E-state index contributed by atoms with van der Waals surface area (Å²) in [6.07, 6.45) is -0.0404. The van der Waals surface area contributed by atoms with Crippen molar-refractivity contribution in [3.63, 3.8) is 0 Å². The Hall–Kier alpha value is -4.30. The molecule has 38 heavy (non-hydrogen) atoms. The van der Waals surface area contributed by atoms with Crippen LogP contribution in [0.15, 0.2) is 54.6 Å². The molecule has 0 aliphatic rings. The smallest absolute Gasteiger partial charge is 0.262 e. The molecule has 0 atom stereocenters. The summed E-state index contributed by atoms with van der Waals surface area (Å²) in [6.45, 7) is 3.25. The van der Waals surface area contributed by atoms with Gasteiger partial charge >= 0.3 is 0 Å². The van der Waals surface area contributed by atoms with Gasteiger partial charge in [0.15, 0.2) is 17.3 Å². The Bertz CT molecular complexity index is 1530. The zero-order valence-corrected chi connectivity index (χ0v) is 22.4. The number of carbonyl (C=O) groups excluding carboxylic acids is 3. The number of nitrogens with zero attached hydrogens (tertiary/aromatic N) is 1. The Morgan fingerprint density at radius 2 is 1.47 bits per heavy atom. The van der Waals surface area contributed by atoms with E-state index >= 15 is 0 Å². The molecular formula is C29H27ClN2O6. The maximum atomic E-state index is 13.5. The summed E-state index contributed by atoms with van der Waals surface area (Å²) < 4.78 is 17.7. The number of anilines is 1. The quantitative estimate of drug-likeness (QED) is 0.291. The minimum atomic E-state index is -0.325. The van der Waals surface area contributed by atoms with Crippen LogP contribution in [0.5, 0.6) is 17.2 Å². The van der Waals surface area contributed by atoms with Crippen molar-refractivity contribution in [3.05, 3.63) is 82.0 Å². The van der Waals surface area contributed by atoms with Gasteiger partial charge in [0.2, 0.25) is 11.7 Å². The molecule has 8 nitrogen and oxygen atoms in total. The molecule has 0 aliphatic carbocycles. The van der Waals surface area contributed by atoms with Crippen molar-refractivity contribution in [1.29, 1.82) is 0 Å². The zero-order valence-electron chi connectivity index (χ0n) is 21.7. The number of nitrogens with one attached hydrogen (secondary N) is 1. The van der Waals surface area contributed by atoms with E-state index < -0.39 is 0 Å². The molecule has 196 valence electrons. The minimum Gasteiger partial charge on any atom is -0.493 e. The summed E-state index contributed by atoms with van der Waals surface area (Å²) in [5.41, 5.74) is 3.21. The molecule has 0 aliphatic heterocycles. The third-order valence-corrected chi connectivity index (χ3v) is 6.57. The number of amides is 1. The highest BCUT2D eigenvalue weighted by atomic mass is 35.5. The summed E-state index contributed by atoms with van der Waals surface area (Å²) in [6, 6.07) is 15.0. The number of methoxy groups -OCH3 is 3. The van der Waals surface area contributed by atoms with Crippen LogP contribution in [0.25, 0.3) is 10.9 Å². The predicted octanol–water partition coefficient (Wildman–Crippen LogP) is 5.70. The van der Waals surface area contributed by atoms with Gasteiger partial charge in [-0.1, -0.05) is 11.6 Å². The Morgan fingerprint density at radius 1 is 0.868 bits per heavy atom. The van der Waals surface area contributed by atoms with Crippen molar-refractivity contribution < 1.29 is 28.6 Å². The number of rotatable bonds is 8. The summed E-state index contributed by atoms with van der Waals surface area (Å²) in [7, 11) is 4.48. The first kappa shape index (κ1) is 26.8.